The van der Waals surface area contributed by atoms with Gasteiger partial charge >= 0.3 is 6.03 Å². The minimum atomic E-state index is -3.68. The monoisotopic (exact) mass is 453 g/mol. The lowest BCUT2D eigenvalue weighted by atomic mass is 10.3. The summed E-state index contributed by atoms with van der Waals surface area (Å²) in [6.07, 6.45) is 0.613. The molecular formula is C20H24ClN3O5S. The molecule has 8 nitrogen and oxygen atoms in total. The Hall–Kier alpha value is -2.33. The van der Waals surface area contributed by atoms with Crippen molar-refractivity contribution in [3.63, 3.8) is 0 Å². The standard InChI is InChI=1S/C20H24ClN3O5S/c21-18-8-7-17(30(26,27)24-10-13-28-14-11-24)15-19(18)23-20(25)22-9-4-12-29-16-5-2-1-3-6-16/h1-3,5-8,15H,4,9-14H2,(H2,22,23,25). The van der Waals surface area contributed by atoms with Gasteiger partial charge in [0.15, 0.2) is 0 Å². The quantitative estimate of drug-likeness (QED) is 0.599. The normalized spacial score (nSPS) is 14.8. The van der Waals surface area contributed by atoms with Crippen LogP contribution in [0.4, 0.5) is 10.5 Å². The number of hydrogen-bond acceptors (Lipinski definition) is 5. The van der Waals surface area contributed by atoms with Crippen molar-refractivity contribution in [3.05, 3.63) is 53.6 Å². The number of rotatable bonds is 8. The summed E-state index contributed by atoms with van der Waals surface area (Å²) < 4.78 is 37.7. The zero-order valence-corrected chi connectivity index (χ0v) is 17.9. The molecule has 0 spiro atoms. The molecule has 30 heavy (non-hydrogen) atoms. The highest BCUT2D eigenvalue weighted by atomic mass is 35.5. The van der Waals surface area contributed by atoms with Gasteiger partial charge in [0.1, 0.15) is 5.75 Å². The first kappa shape index (κ1) is 22.4. The third kappa shape index (κ3) is 6.09. The molecule has 2 aromatic rings. The molecule has 1 saturated heterocycles. The van der Waals surface area contributed by atoms with Gasteiger partial charge in [-0.15, -0.1) is 0 Å². The fraction of sp³-hybridized carbons (Fsp3) is 0.350. The number of benzene rings is 2. The van der Waals surface area contributed by atoms with Gasteiger partial charge in [0.05, 0.1) is 35.4 Å². The predicted octanol–water partition coefficient (Wildman–Crippen LogP) is 2.95. The summed E-state index contributed by atoms with van der Waals surface area (Å²) in [4.78, 5) is 12.2. The number of nitrogens with zero attached hydrogens (tertiary/aromatic N) is 1. The van der Waals surface area contributed by atoms with Crippen molar-refractivity contribution in [2.24, 2.45) is 0 Å². The summed E-state index contributed by atoms with van der Waals surface area (Å²) in [6, 6.07) is 13.2. The lowest BCUT2D eigenvalue weighted by molar-refractivity contribution is 0.0730. The fourth-order valence-corrected chi connectivity index (χ4v) is 4.44. The Kier molecular flexibility index (Phi) is 7.92. The van der Waals surface area contributed by atoms with Crippen LogP contribution in [0.3, 0.4) is 0 Å². The first-order valence-corrected chi connectivity index (χ1v) is 11.4. The molecule has 2 aromatic carbocycles. The number of carbonyl (C=O) groups excluding carboxylic acids is 1. The molecule has 1 fully saturated rings. The van der Waals surface area contributed by atoms with Gasteiger partial charge in [-0.25, -0.2) is 13.2 Å². The number of morpholine rings is 1. The molecule has 0 aliphatic carbocycles. The van der Waals surface area contributed by atoms with Crippen LogP contribution in [0.5, 0.6) is 5.75 Å². The first-order chi connectivity index (χ1) is 14.5. The molecule has 2 amide bonds. The largest absolute Gasteiger partial charge is 0.494 e. The summed E-state index contributed by atoms with van der Waals surface area (Å²) >= 11 is 6.14. The number of halogens is 1. The van der Waals surface area contributed by atoms with E-state index in [0.717, 1.165) is 5.75 Å². The highest BCUT2D eigenvalue weighted by molar-refractivity contribution is 7.89. The van der Waals surface area contributed by atoms with Crippen LogP contribution in [0.1, 0.15) is 6.42 Å². The van der Waals surface area contributed by atoms with Crippen LogP contribution in [0.15, 0.2) is 53.4 Å². The van der Waals surface area contributed by atoms with Crippen molar-refractivity contribution in [3.8, 4) is 5.75 Å². The molecule has 1 aliphatic rings. The Bertz CT molecular complexity index is 950. The molecule has 0 aromatic heterocycles. The van der Waals surface area contributed by atoms with E-state index in [0.29, 0.717) is 45.9 Å². The molecule has 0 bridgehead atoms. The molecule has 0 atom stereocenters. The summed E-state index contributed by atoms with van der Waals surface area (Å²) in [6.45, 7) is 2.14. The van der Waals surface area contributed by atoms with Crippen molar-refractivity contribution < 1.29 is 22.7 Å². The van der Waals surface area contributed by atoms with E-state index in [2.05, 4.69) is 10.6 Å². The van der Waals surface area contributed by atoms with Crippen molar-refractivity contribution in [1.29, 1.82) is 0 Å². The van der Waals surface area contributed by atoms with Crippen LogP contribution >= 0.6 is 11.6 Å². The number of para-hydroxylation sites is 1. The summed E-state index contributed by atoms with van der Waals surface area (Å²) in [5.41, 5.74) is 0.226. The van der Waals surface area contributed by atoms with Crippen LogP contribution in [0, 0.1) is 0 Å². The van der Waals surface area contributed by atoms with E-state index >= 15 is 0 Å². The Morgan fingerprint density at radius 1 is 1.13 bits per heavy atom. The molecule has 1 heterocycles. The zero-order chi connectivity index (χ0) is 21.4. The molecule has 162 valence electrons. The third-order valence-electron chi connectivity index (χ3n) is 4.41. The molecular weight excluding hydrogens is 430 g/mol. The second-order valence-corrected chi connectivity index (χ2v) is 8.90. The van der Waals surface area contributed by atoms with E-state index in [1.54, 1.807) is 0 Å². The van der Waals surface area contributed by atoms with Gasteiger partial charge in [0, 0.05) is 19.6 Å². The molecule has 0 radical (unpaired) electrons. The second-order valence-electron chi connectivity index (χ2n) is 6.55. The van der Waals surface area contributed by atoms with Gasteiger partial charge in [0.25, 0.3) is 0 Å². The number of anilines is 1. The number of carbonyl (C=O) groups is 1. The lowest BCUT2D eigenvalue weighted by Crippen LogP contribution is -2.40. The van der Waals surface area contributed by atoms with Gasteiger partial charge in [-0.2, -0.15) is 4.31 Å². The molecule has 0 saturated carbocycles. The van der Waals surface area contributed by atoms with E-state index in [9.17, 15) is 13.2 Å². The lowest BCUT2D eigenvalue weighted by Gasteiger charge is -2.26. The summed E-state index contributed by atoms with van der Waals surface area (Å²) in [7, 11) is -3.68. The Morgan fingerprint density at radius 2 is 1.87 bits per heavy atom. The SMILES string of the molecule is O=C(NCCCOc1ccccc1)Nc1cc(S(=O)(=O)N2CCOCC2)ccc1Cl. The average molecular weight is 454 g/mol. The summed E-state index contributed by atoms with van der Waals surface area (Å²) in [5.74, 6) is 0.770. The van der Waals surface area contributed by atoms with E-state index in [4.69, 9.17) is 21.1 Å². The number of amides is 2. The van der Waals surface area contributed by atoms with Crippen molar-refractivity contribution in [2.45, 2.75) is 11.3 Å². The van der Waals surface area contributed by atoms with Crippen molar-refractivity contribution in [2.75, 3.05) is 44.8 Å². The summed E-state index contributed by atoms with van der Waals surface area (Å²) in [5, 5.41) is 5.55. The molecule has 10 heteroatoms. The fourth-order valence-electron chi connectivity index (χ4n) is 2.84. The van der Waals surface area contributed by atoms with Gasteiger partial charge in [-0.3, -0.25) is 0 Å². The van der Waals surface area contributed by atoms with Crippen LogP contribution < -0.4 is 15.4 Å². The van der Waals surface area contributed by atoms with E-state index in [1.165, 1.54) is 22.5 Å². The van der Waals surface area contributed by atoms with Gasteiger partial charge in [0.2, 0.25) is 10.0 Å². The number of ether oxygens (including phenoxy) is 2. The highest BCUT2D eigenvalue weighted by Crippen LogP contribution is 2.27. The van der Waals surface area contributed by atoms with Gasteiger partial charge < -0.3 is 20.1 Å². The second kappa shape index (κ2) is 10.6. The Balaban J connectivity index is 1.51. The minimum Gasteiger partial charge on any atom is -0.494 e. The zero-order valence-electron chi connectivity index (χ0n) is 16.3. The van der Waals surface area contributed by atoms with E-state index < -0.39 is 16.1 Å². The Labute approximate surface area is 181 Å². The maximum absolute atomic E-state index is 12.8. The Morgan fingerprint density at radius 3 is 2.60 bits per heavy atom. The average Bonchev–Trinajstić information content (AvgIpc) is 2.76. The molecule has 3 rings (SSSR count). The van der Waals surface area contributed by atoms with Crippen LogP contribution in [-0.2, 0) is 14.8 Å². The maximum Gasteiger partial charge on any atom is 0.319 e. The number of urea groups is 1. The topological polar surface area (TPSA) is 97.0 Å². The highest BCUT2D eigenvalue weighted by Gasteiger charge is 2.27. The van der Waals surface area contributed by atoms with Gasteiger partial charge in [-0.1, -0.05) is 29.8 Å². The van der Waals surface area contributed by atoms with Crippen molar-refractivity contribution in [1.82, 2.24) is 9.62 Å². The maximum atomic E-state index is 12.8. The van der Waals surface area contributed by atoms with Gasteiger partial charge in [-0.05, 0) is 36.8 Å². The minimum absolute atomic E-state index is 0.0698. The van der Waals surface area contributed by atoms with Crippen molar-refractivity contribution >= 4 is 33.3 Å². The predicted molar refractivity (Wildman–Crippen MR) is 115 cm³/mol. The first-order valence-electron chi connectivity index (χ1n) is 9.57. The molecule has 2 N–H and O–H groups in total. The van der Waals surface area contributed by atoms with E-state index in [-0.39, 0.29) is 15.6 Å². The molecule has 0 unspecified atom stereocenters. The third-order valence-corrected chi connectivity index (χ3v) is 6.64. The molecule has 1 aliphatic heterocycles. The van der Waals surface area contributed by atoms with Crippen LogP contribution in [0.25, 0.3) is 0 Å². The van der Waals surface area contributed by atoms with Crippen LogP contribution in [-0.4, -0.2) is 58.2 Å². The van der Waals surface area contributed by atoms with Crippen LogP contribution in [0.2, 0.25) is 5.02 Å². The smallest absolute Gasteiger partial charge is 0.319 e. The number of sulfonamides is 1. The van der Waals surface area contributed by atoms with E-state index in [1.807, 2.05) is 30.3 Å². The number of hydrogen-bond donors (Lipinski definition) is 2. The number of nitrogens with one attached hydrogen (secondary N) is 2.